The molecule has 3 aromatic rings. The maximum atomic E-state index is 11.2. The molecule has 182 valence electrons. The molecular formula is C25H24Cl2N4O4. The van der Waals surface area contributed by atoms with E-state index in [4.69, 9.17) is 32.5 Å². The number of ether oxygens (including phenoxy) is 1. The Balaban J connectivity index is 1.14. The summed E-state index contributed by atoms with van der Waals surface area (Å²) in [6, 6.07) is 5.43. The van der Waals surface area contributed by atoms with Crippen LogP contribution in [0.1, 0.15) is 53.4 Å². The van der Waals surface area contributed by atoms with Crippen molar-refractivity contribution in [3.63, 3.8) is 0 Å². The van der Waals surface area contributed by atoms with E-state index in [0.29, 0.717) is 51.5 Å². The molecule has 0 spiro atoms. The molecule has 3 fully saturated rings. The summed E-state index contributed by atoms with van der Waals surface area (Å²) in [5, 5.41) is 14.6. The number of hydrogen-bond acceptors (Lipinski definition) is 7. The summed E-state index contributed by atoms with van der Waals surface area (Å²) in [5.41, 5.74) is 2.27. The molecule has 3 heterocycles. The number of nitrogens with zero attached hydrogens (tertiary/aromatic N) is 4. The van der Waals surface area contributed by atoms with Crippen LogP contribution in [0, 0.1) is 11.8 Å². The second-order valence-electron chi connectivity index (χ2n) is 9.64. The molecule has 2 unspecified atom stereocenters. The van der Waals surface area contributed by atoms with Crippen molar-refractivity contribution in [2.75, 3.05) is 18.0 Å². The minimum atomic E-state index is -1.07. The summed E-state index contributed by atoms with van der Waals surface area (Å²) >= 11 is 12.9. The van der Waals surface area contributed by atoms with Crippen molar-refractivity contribution >= 4 is 35.0 Å². The first kappa shape index (κ1) is 22.8. The van der Waals surface area contributed by atoms with Gasteiger partial charge in [-0.15, -0.1) is 0 Å². The van der Waals surface area contributed by atoms with Crippen LogP contribution < -0.4 is 4.90 Å². The highest BCUT2D eigenvalue weighted by Crippen LogP contribution is 2.47. The van der Waals surface area contributed by atoms with E-state index in [1.807, 2.05) is 6.07 Å². The van der Waals surface area contributed by atoms with Crippen LogP contribution in [0.2, 0.25) is 10.0 Å². The molecule has 2 saturated carbocycles. The molecule has 6 rings (SSSR count). The standard InChI is InChI=1S/C25H24Cl2N4O4/c26-18-2-1-3-19(27)22(18)23-17(24(35-30-23)13-4-5-13)12-34-16-6-14-10-31(11-15(14)7-16)21-9-28-8-20(29-21)25(32)33/h1-3,8-9,13-16H,4-7,10-12H2,(H,32,33). The first-order valence-electron chi connectivity index (χ1n) is 11.8. The molecule has 1 aliphatic heterocycles. The van der Waals surface area contributed by atoms with E-state index in [9.17, 15) is 9.90 Å². The number of carboxylic acid groups (broad SMARTS) is 1. The van der Waals surface area contributed by atoms with Gasteiger partial charge in [-0.05, 0) is 49.7 Å². The largest absolute Gasteiger partial charge is 0.476 e. The van der Waals surface area contributed by atoms with Crippen molar-refractivity contribution in [1.29, 1.82) is 0 Å². The average Bonchev–Trinajstić information content (AvgIpc) is 3.30. The Labute approximate surface area is 212 Å². The second-order valence-corrected chi connectivity index (χ2v) is 10.5. The molecule has 1 aromatic carbocycles. The van der Waals surface area contributed by atoms with Crippen LogP contribution in [0.5, 0.6) is 0 Å². The summed E-state index contributed by atoms with van der Waals surface area (Å²) in [7, 11) is 0. The Kier molecular flexibility index (Phi) is 5.90. The van der Waals surface area contributed by atoms with Gasteiger partial charge in [0.1, 0.15) is 17.3 Å². The quantitative estimate of drug-likeness (QED) is 0.444. The van der Waals surface area contributed by atoms with Crippen LogP contribution in [0.3, 0.4) is 0 Å². The van der Waals surface area contributed by atoms with Crippen molar-refractivity contribution in [3.8, 4) is 11.3 Å². The summed E-state index contributed by atoms with van der Waals surface area (Å²) in [4.78, 5) is 21.7. The minimum absolute atomic E-state index is 0.0321. The van der Waals surface area contributed by atoms with E-state index < -0.39 is 5.97 Å². The molecule has 2 aliphatic carbocycles. The molecule has 0 bridgehead atoms. The summed E-state index contributed by atoms with van der Waals surface area (Å²) in [5.74, 6) is 1.77. The lowest BCUT2D eigenvalue weighted by Gasteiger charge is -2.20. The number of hydrogen-bond donors (Lipinski definition) is 1. The van der Waals surface area contributed by atoms with Crippen molar-refractivity contribution in [2.24, 2.45) is 11.8 Å². The number of carbonyl (C=O) groups is 1. The topological polar surface area (TPSA) is 102 Å². The predicted octanol–water partition coefficient (Wildman–Crippen LogP) is 5.45. The van der Waals surface area contributed by atoms with Gasteiger partial charge in [0.2, 0.25) is 0 Å². The Morgan fingerprint density at radius 2 is 1.86 bits per heavy atom. The van der Waals surface area contributed by atoms with Crippen LogP contribution >= 0.6 is 23.2 Å². The molecule has 0 radical (unpaired) electrons. The van der Waals surface area contributed by atoms with E-state index in [0.717, 1.165) is 50.1 Å². The van der Waals surface area contributed by atoms with Crippen molar-refractivity contribution < 1.29 is 19.2 Å². The Morgan fingerprint density at radius 3 is 2.51 bits per heavy atom. The number of aromatic nitrogens is 3. The second kappa shape index (κ2) is 9.08. The van der Waals surface area contributed by atoms with Gasteiger partial charge < -0.3 is 19.3 Å². The van der Waals surface area contributed by atoms with Crippen LogP contribution in [-0.2, 0) is 11.3 Å². The van der Waals surface area contributed by atoms with Crippen LogP contribution in [0.25, 0.3) is 11.3 Å². The third-order valence-electron chi connectivity index (χ3n) is 7.30. The van der Waals surface area contributed by atoms with Gasteiger partial charge in [0.25, 0.3) is 0 Å². The smallest absolute Gasteiger partial charge is 0.356 e. The lowest BCUT2D eigenvalue weighted by Crippen LogP contribution is -2.25. The van der Waals surface area contributed by atoms with Crippen molar-refractivity contribution in [3.05, 3.63) is 57.7 Å². The summed E-state index contributed by atoms with van der Waals surface area (Å²) < 4.78 is 12.2. The zero-order valence-electron chi connectivity index (χ0n) is 18.9. The molecule has 2 atom stereocenters. The van der Waals surface area contributed by atoms with Crippen LogP contribution in [0.4, 0.5) is 5.82 Å². The Bertz CT molecular complexity index is 1240. The molecule has 2 aromatic heterocycles. The monoisotopic (exact) mass is 514 g/mol. The van der Waals surface area contributed by atoms with Crippen molar-refractivity contribution in [1.82, 2.24) is 15.1 Å². The minimum Gasteiger partial charge on any atom is -0.476 e. The number of aromatic carboxylic acids is 1. The fourth-order valence-corrected chi connectivity index (χ4v) is 6.00. The number of halogens is 2. The highest BCUT2D eigenvalue weighted by Gasteiger charge is 2.42. The molecular weight excluding hydrogens is 491 g/mol. The first-order valence-corrected chi connectivity index (χ1v) is 12.6. The summed E-state index contributed by atoms with van der Waals surface area (Å²) in [6.45, 7) is 2.05. The number of carboxylic acids is 1. The Morgan fingerprint density at radius 1 is 1.14 bits per heavy atom. The molecule has 1 saturated heterocycles. The Hall–Kier alpha value is -2.68. The summed E-state index contributed by atoms with van der Waals surface area (Å²) in [6.07, 6.45) is 7.12. The van der Waals surface area contributed by atoms with Gasteiger partial charge in [0.05, 0.1) is 35.1 Å². The van der Waals surface area contributed by atoms with Gasteiger partial charge in [-0.3, -0.25) is 4.98 Å². The highest BCUT2D eigenvalue weighted by atomic mass is 35.5. The predicted molar refractivity (Wildman–Crippen MR) is 130 cm³/mol. The molecule has 0 amide bonds. The molecule has 35 heavy (non-hydrogen) atoms. The van der Waals surface area contributed by atoms with E-state index >= 15 is 0 Å². The number of benzene rings is 1. The molecule has 10 heteroatoms. The number of rotatable bonds is 7. The number of fused-ring (bicyclic) bond motifs is 1. The molecule has 1 N–H and O–H groups in total. The van der Waals surface area contributed by atoms with Gasteiger partial charge in [-0.25, -0.2) is 9.78 Å². The number of anilines is 1. The van der Waals surface area contributed by atoms with E-state index in [2.05, 4.69) is 20.0 Å². The zero-order valence-corrected chi connectivity index (χ0v) is 20.4. The fourth-order valence-electron chi connectivity index (χ4n) is 5.43. The van der Waals surface area contributed by atoms with Gasteiger partial charge >= 0.3 is 5.97 Å². The van der Waals surface area contributed by atoms with Gasteiger partial charge in [0.15, 0.2) is 5.69 Å². The van der Waals surface area contributed by atoms with E-state index in [-0.39, 0.29) is 11.8 Å². The SMILES string of the molecule is O=C(O)c1cncc(N2CC3CC(OCc4c(-c5c(Cl)cccc5Cl)noc4C4CC4)CC3C2)n1. The first-order chi connectivity index (χ1) is 17.0. The zero-order chi connectivity index (χ0) is 24.1. The maximum Gasteiger partial charge on any atom is 0.356 e. The fraction of sp³-hybridized carbons (Fsp3) is 0.440. The van der Waals surface area contributed by atoms with Crippen LogP contribution in [-0.4, -0.2) is 45.4 Å². The van der Waals surface area contributed by atoms with Gasteiger partial charge in [-0.2, -0.15) is 0 Å². The van der Waals surface area contributed by atoms with Crippen LogP contribution in [0.15, 0.2) is 35.1 Å². The van der Waals surface area contributed by atoms with Gasteiger partial charge in [-0.1, -0.05) is 34.4 Å². The molecule has 3 aliphatic rings. The molecule has 8 nitrogen and oxygen atoms in total. The third-order valence-corrected chi connectivity index (χ3v) is 7.93. The van der Waals surface area contributed by atoms with E-state index in [1.54, 1.807) is 18.3 Å². The normalized spacial score (nSPS) is 23.6. The highest BCUT2D eigenvalue weighted by molar-refractivity contribution is 6.39. The van der Waals surface area contributed by atoms with Crippen molar-refractivity contribution in [2.45, 2.75) is 44.3 Å². The average molecular weight is 515 g/mol. The van der Waals surface area contributed by atoms with E-state index in [1.165, 1.54) is 6.20 Å². The maximum absolute atomic E-state index is 11.2. The third kappa shape index (κ3) is 4.39. The lowest BCUT2D eigenvalue weighted by atomic mass is 10.0. The lowest BCUT2D eigenvalue weighted by molar-refractivity contribution is 0.0402. The van der Waals surface area contributed by atoms with Gasteiger partial charge in [0, 0.05) is 30.1 Å².